The molecule has 1 aromatic heterocycles. The van der Waals surface area contributed by atoms with Crippen molar-refractivity contribution in [2.45, 2.75) is 6.04 Å². The van der Waals surface area contributed by atoms with Gasteiger partial charge in [0.1, 0.15) is 6.04 Å². The number of carboxylic acid groups (broad SMARTS) is 1. The fraction of sp³-hybridized carbons (Fsp3) is 0.0909. The molecule has 0 spiro atoms. The van der Waals surface area contributed by atoms with Crippen molar-refractivity contribution in [2.24, 2.45) is 0 Å². The van der Waals surface area contributed by atoms with Gasteiger partial charge in [-0.1, -0.05) is 35.4 Å². The number of fused-ring (bicyclic) bond motifs is 1. The fourth-order valence-corrected chi connectivity index (χ4v) is 1.86. The van der Waals surface area contributed by atoms with Gasteiger partial charge in [-0.2, -0.15) is 4.68 Å². The topological polar surface area (TPSA) is 95.8 Å². The Bertz CT molecular complexity index is 619. The largest absolute Gasteiger partial charge is 0.543 e. The molecule has 1 N–H and O–H groups in total. The van der Waals surface area contributed by atoms with Crippen LogP contribution in [0.1, 0.15) is 11.6 Å². The summed E-state index contributed by atoms with van der Waals surface area (Å²) in [5.74, 6) is -1.00. The molecular weight excluding hydrogens is 234 g/mol. The van der Waals surface area contributed by atoms with Gasteiger partial charge in [-0.05, 0) is 22.1 Å². The van der Waals surface area contributed by atoms with Crippen LogP contribution in [0.5, 0.6) is 0 Å². The van der Waals surface area contributed by atoms with Gasteiger partial charge in [0.15, 0.2) is 0 Å². The van der Waals surface area contributed by atoms with E-state index in [2.05, 4.69) is 20.8 Å². The van der Waals surface area contributed by atoms with E-state index in [1.54, 1.807) is 0 Å². The Morgan fingerprint density at radius 2 is 2.11 bits per heavy atom. The van der Waals surface area contributed by atoms with Crippen molar-refractivity contribution >= 4 is 11.9 Å². The summed E-state index contributed by atoms with van der Waals surface area (Å²) >= 11 is 0. The molecular formula is C11H8N5O2-. The van der Waals surface area contributed by atoms with Crippen LogP contribution in [-0.2, 0) is 4.79 Å². The predicted molar refractivity (Wildman–Crippen MR) is 59.1 cm³/mol. The van der Waals surface area contributed by atoms with E-state index in [1.807, 2.05) is 30.3 Å². The summed E-state index contributed by atoms with van der Waals surface area (Å²) in [4.78, 5) is 10.9. The minimum atomic E-state index is -1.29. The molecule has 1 aromatic carbocycles. The molecule has 2 aromatic rings. The minimum Gasteiger partial charge on any atom is -0.543 e. The highest BCUT2D eigenvalue weighted by Gasteiger charge is 2.23. The summed E-state index contributed by atoms with van der Waals surface area (Å²) in [7, 11) is 0. The van der Waals surface area contributed by atoms with E-state index in [4.69, 9.17) is 0 Å². The Balaban J connectivity index is 2.10. The Morgan fingerprint density at radius 1 is 1.33 bits per heavy atom. The Labute approximate surface area is 102 Å². The van der Waals surface area contributed by atoms with E-state index in [0.717, 1.165) is 5.56 Å². The van der Waals surface area contributed by atoms with E-state index in [0.29, 0.717) is 0 Å². The number of tetrazole rings is 1. The molecule has 0 unspecified atom stereocenters. The van der Waals surface area contributed by atoms with E-state index in [-0.39, 0.29) is 17.7 Å². The van der Waals surface area contributed by atoms with Crippen molar-refractivity contribution in [1.82, 2.24) is 20.2 Å². The van der Waals surface area contributed by atoms with Crippen LogP contribution in [-0.4, -0.2) is 26.2 Å². The summed E-state index contributed by atoms with van der Waals surface area (Å²) in [6.45, 7) is 0. The van der Waals surface area contributed by atoms with Crippen molar-refractivity contribution in [3.05, 3.63) is 47.7 Å². The second-order valence-electron chi connectivity index (χ2n) is 3.80. The van der Waals surface area contributed by atoms with E-state index >= 15 is 0 Å². The molecule has 0 fully saturated rings. The first-order chi connectivity index (χ1) is 8.75. The first kappa shape index (κ1) is 10.5. The van der Waals surface area contributed by atoms with Gasteiger partial charge in [0.25, 0.3) is 0 Å². The number of benzene rings is 1. The zero-order valence-corrected chi connectivity index (χ0v) is 9.15. The lowest BCUT2D eigenvalue weighted by molar-refractivity contribution is -0.299. The number of nitrogens with zero attached hydrogens (tertiary/aromatic N) is 4. The standard InChI is InChI=1S/C11H9N5O2/c17-10(18)8-6-9(7-4-2-1-3-5-7)16-11(12-8)13-14-15-16/h1-6,9H,(H,17,18)(H,12,13,15)/p-1/t9-/m1/s1. The van der Waals surface area contributed by atoms with Crippen LogP contribution >= 0.6 is 0 Å². The number of anilines is 1. The molecule has 0 amide bonds. The Hall–Kier alpha value is -2.70. The van der Waals surface area contributed by atoms with Crippen LogP contribution in [0.4, 0.5) is 5.95 Å². The molecule has 1 atom stereocenters. The number of carbonyl (C=O) groups excluding carboxylic acids is 1. The third kappa shape index (κ3) is 1.61. The summed E-state index contributed by atoms with van der Waals surface area (Å²) in [6, 6.07) is 9.02. The molecule has 3 rings (SSSR count). The molecule has 90 valence electrons. The number of aromatic nitrogens is 4. The average Bonchev–Trinajstić information content (AvgIpc) is 2.86. The zero-order chi connectivity index (χ0) is 12.5. The van der Waals surface area contributed by atoms with E-state index in [1.165, 1.54) is 10.8 Å². The third-order valence-electron chi connectivity index (χ3n) is 2.69. The maximum absolute atomic E-state index is 10.9. The monoisotopic (exact) mass is 242 g/mol. The van der Waals surface area contributed by atoms with Gasteiger partial charge < -0.3 is 15.2 Å². The molecule has 0 radical (unpaired) electrons. The van der Waals surface area contributed by atoms with Gasteiger partial charge in [0.2, 0.25) is 5.95 Å². The van der Waals surface area contributed by atoms with Gasteiger partial charge in [0.05, 0.1) is 11.7 Å². The number of allylic oxidation sites excluding steroid dienone is 1. The number of hydrogen-bond acceptors (Lipinski definition) is 6. The predicted octanol–water partition coefficient (Wildman–Crippen LogP) is -0.678. The normalized spacial score (nSPS) is 17.6. The van der Waals surface area contributed by atoms with Crippen molar-refractivity contribution < 1.29 is 9.90 Å². The van der Waals surface area contributed by atoms with Gasteiger partial charge in [-0.25, -0.2) is 0 Å². The highest BCUT2D eigenvalue weighted by molar-refractivity contribution is 5.88. The van der Waals surface area contributed by atoms with Crippen molar-refractivity contribution in [2.75, 3.05) is 5.32 Å². The molecule has 0 bridgehead atoms. The molecule has 1 aliphatic heterocycles. The number of carboxylic acids is 1. The molecule has 2 heterocycles. The molecule has 7 heteroatoms. The molecule has 7 nitrogen and oxygen atoms in total. The lowest BCUT2D eigenvalue weighted by Gasteiger charge is -2.23. The quantitative estimate of drug-likeness (QED) is 0.749. The fourth-order valence-electron chi connectivity index (χ4n) is 1.86. The number of aliphatic carboxylic acids is 1. The second kappa shape index (κ2) is 3.95. The smallest absolute Gasteiger partial charge is 0.248 e. The second-order valence-corrected chi connectivity index (χ2v) is 3.80. The van der Waals surface area contributed by atoms with Gasteiger partial charge in [0, 0.05) is 0 Å². The highest BCUT2D eigenvalue weighted by atomic mass is 16.4. The van der Waals surface area contributed by atoms with Crippen LogP contribution < -0.4 is 10.4 Å². The van der Waals surface area contributed by atoms with Crippen molar-refractivity contribution in [3.8, 4) is 0 Å². The van der Waals surface area contributed by atoms with Crippen molar-refractivity contribution in [3.63, 3.8) is 0 Å². The number of carbonyl (C=O) groups is 1. The maximum Gasteiger partial charge on any atom is 0.248 e. The van der Waals surface area contributed by atoms with Gasteiger partial charge in [-0.3, -0.25) is 0 Å². The molecule has 0 saturated carbocycles. The molecule has 0 aliphatic carbocycles. The Morgan fingerprint density at radius 3 is 2.83 bits per heavy atom. The summed E-state index contributed by atoms with van der Waals surface area (Å²) in [5.41, 5.74) is 0.859. The summed E-state index contributed by atoms with van der Waals surface area (Å²) in [5, 5.41) is 24.6. The van der Waals surface area contributed by atoms with Crippen LogP contribution in [0, 0.1) is 0 Å². The van der Waals surface area contributed by atoms with Crippen LogP contribution in [0.3, 0.4) is 0 Å². The average molecular weight is 242 g/mol. The first-order valence-corrected chi connectivity index (χ1v) is 5.29. The van der Waals surface area contributed by atoms with E-state index in [9.17, 15) is 9.90 Å². The lowest BCUT2D eigenvalue weighted by Crippen LogP contribution is -2.32. The maximum atomic E-state index is 10.9. The van der Waals surface area contributed by atoms with Crippen LogP contribution in [0.15, 0.2) is 42.1 Å². The van der Waals surface area contributed by atoms with Gasteiger partial charge in [-0.15, -0.1) is 0 Å². The minimum absolute atomic E-state index is 0.0360. The number of rotatable bonds is 2. The van der Waals surface area contributed by atoms with Crippen LogP contribution in [0.25, 0.3) is 0 Å². The summed E-state index contributed by atoms with van der Waals surface area (Å²) < 4.78 is 1.52. The molecule has 18 heavy (non-hydrogen) atoms. The first-order valence-electron chi connectivity index (χ1n) is 5.29. The third-order valence-corrected chi connectivity index (χ3v) is 2.69. The number of hydrogen-bond donors (Lipinski definition) is 1. The SMILES string of the molecule is O=C([O-])C1=C[C@H](c2ccccc2)n2nnnc2N1. The van der Waals surface area contributed by atoms with Crippen LogP contribution in [0.2, 0.25) is 0 Å². The Kier molecular flexibility index (Phi) is 2.30. The van der Waals surface area contributed by atoms with E-state index < -0.39 is 5.97 Å². The molecule has 1 aliphatic rings. The molecule has 0 saturated heterocycles. The number of nitrogens with one attached hydrogen (secondary N) is 1. The lowest BCUT2D eigenvalue weighted by atomic mass is 10.0. The van der Waals surface area contributed by atoms with Crippen molar-refractivity contribution in [1.29, 1.82) is 0 Å². The zero-order valence-electron chi connectivity index (χ0n) is 9.15. The summed E-state index contributed by atoms with van der Waals surface area (Å²) in [6.07, 6.45) is 1.52. The van der Waals surface area contributed by atoms with Gasteiger partial charge >= 0.3 is 0 Å². The highest BCUT2D eigenvalue weighted by Crippen LogP contribution is 2.26.